The largest absolute Gasteiger partial charge is 0.391 e. The Bertz CT molecular complexity index is 348. The van der Waals surface area contributed by atoms with Gasteiger partial charge in [-0.2, -0.15) is 24.5 Å². The third-order valence-corrected chi connectivity index (χ3v) is 4.30. The SMILES string of the molecule is FC(F)(F)C1CCCC(NCCc2ccsc2)C1. The molecule has 0 bridgehead atoms. The van der Waals surface area contributed by atoms with E-state index in [9.17, 15) is 13.2 Å². The zero-order chi connectivity index (χ0) is 13.0. The van der Waals surface area contributed by atoms with Crippen molar-refractivity contribution in [3.63, 3.8) is 0 Å². The van der Waals surface area contributed by atoms with Gasteiger partial charge in [-0.25, -0.2) is 0 Å². The summed E-state index contributed by atoms with van der Waals surface area (Å²) in [7, 11) is 0. The van der Waals surface area contributed by atoms with Gasteiger partial charge in [0.1, 0.15) is 0 Å². The van der Waals surface area contributed by atoms with Gasteiger partial charge in [0, 0.05) is 6.04 Å². The highest BCUT2D eigenvalue weighted by Crippen LogP contribution is 2.37. The monoisotopic (exact) mass is 277 g/mol. The van der Waals surface area contributed by atoms with Crippen molar-refractivity contribution in [2.24, 2.45) is 5.92 Å². The normalized spacial score (nSPS) is 25.3. The second-order valence-electron chi connectivity index (χ2n) is 4.94. The van der Waals surface area contributed by atoms with Gasteiger partial charge in [0.2, 0.25) is 0 Å². The Morgan fingerprint density at radius 3 is 2.83 bits per heavy atom. The summed E-state index contributed by atoms with van der Waals surface area (Å²) in [4.78, 5) is 0. The molecule has 0 aliphatic heterocycles. The molecule has 2 unspecified atom stereocenters. The van der Waals surface area contributed by atoms with Crippen LogP contribution in [0.15, 0.2) is 16.8 Å². The van der Waals surface area contributed by atoms with E-state index in [0.29, 0.717) is 12.8 Å². The van der Waals surface area contributed by atoms with Crippen molar-refractivity contribution < 1.29 is 13.2 Å². The maximum absolute atomic E-state index is 12.6. The number of hydrogen-bond acceptors (Lipinski definition) is 2. The van der Waals surface area contributed by atoms with Crippen molar-refractivity contribution in [2.45, 2.75) is 44.3 Å². The van der Waals surface area contributed by atoms with Gasteiger partial charge >= 0.3 is 6.18 Å². The molecule has 102 valence electrons. The molecule has 1 aromatic rings. The zero-order valence-electron chi connectivity index (χ0n) is 10.2. The summed E-state index contributed by atoms with van der Waals surface area (Å²) < 4.78 is 37.9. The number of rotatable bonds is 4. The Balaban J connectivity index is 1.73. The maximum atomic E-state index is 12.6. The average Bonchev–Trinajstić information content (AvgIpc) is 2.81. The standard InChI is InChI=1S/C13H18F3NS/c14-13(15,16)11-2-1-3-12(8-11)17-6-4-10-5-7-18-9-10/h5,7,9,11-12,17H,1-4,6,8H2. The predicted octanol–water partition coefficient (Wildman–Crippen LogP) is 4.00. The molecule has 0 saturated heterocycles. The number of thiophene rings is 1. The van der Waals surface area contributed by atoms with Crippen LogP contribution < -0.4 is 5.32 Å². The van der Waals surface area contributed by atoms with Gasteiger partial charge in [-0.3, -0.25) is 0 Å². The first-order valence-corrected chi connectivity index (χ1v) is 7.31. The summed E-state index contributed by atoms with van der Waals surface area (Å²) in [5.74, 6) is -1.11. The van der Waals surface area contributed by atoms with Gasteiger partial charge in [-0.15, -0.1) is 0 Å². The first kappa shape index (κ1) is 13.9. The molecule has 1 saturated carbocycles. The lowest BCUT2D eigenvalue weighted by Crippen LogP contribution is -2.39. The van der Waals surface area contributed by atoms with Crippen molar-refractivity contribution in [3.05, 3.63) is 22.4 Å². The molecule has 1 fully saturated rings. The zero-order valence-corrected chi connectivity index (χ0v) is 11.0. The Kier molecular flexibility index (Phi) is 4.67. The van der Waals surface area contributed by atoms with Gasteiger partial charge in [0.15, 0.2) is 0 Å². The lowest BCUT2D eigenvalue weighted by atomic mass is 9.85. The molecule has 5 heteroatoms. The van der Waals surface area contributed by atoms with Crippen molar-refractivity contribution in [1.29, 1.82) is 0 Å². The van der Waals surface area contributed by atoms with E-state index >= 15 is 0 Å². The average molecular weight is 277 g/mol. The van der Waals surface area contributed by atoms with E-state index in [1.54, 1.807) is 11.3 Å². The van der Waals surface area contributed by atoms with Crippen LogP contribution in [0.4, 0.5) is 13.2 Å². The van der Waals surface area contributed by atoms with Gasteiger partial charge in [-0.1, -0.05) is 6.42 Å². The smallest absolute Gasteiger partial charge is 0.314 e. The van der Waals surface area contributed by atoms with Crippen LogP contribution in [0.1, 0.15) is 31.2 Å². The fourth-order valence-corrected chi connectivity index (χ4v) is 3.23. The maximum Gasteiger partial charge on any atom is 0.391 e. The van der Waals surface area contributed by atoms with Crippen LogP contribution >= 0.6 is 11.3 Å². The Morgan fingerprint density at radius 1 is 1.33 bits per heavy atom. The van der Waals surface area contributed by atoms with Crippen molar-refractivity contribution in [1.82, 2.24) is 5.32 Å². The van der Waals surface area contributed by atoms with Crippen molar-refractivity contribution >= 4 is 11.3 Å². The molecular weight excluding hydrogens is 259 g/mol. The van der Waals surface area contributed by atoms with Gasteiger partial charge in [0.05, 0.1) is 5.92 Å². The van der Waals surface area contributed by atoms with Crippen LogP contribution in [0.5, 0.6) is 0 Å². The quantitative estimate of drug-likeness (QED) is 0.877. The number of hydrogen-bond donors (Lipinski definition) is 1. The van der Waals surface area contributed by atoms with Gasteiger partial charge in [0.25, 0.3) is 0 Å². The molecule has 1 aromatic heterocycles. The van der Waals surface area contributed by atoms with E-state index in [4.69, 9.17) is 0 Å². The molecule has 1 nitrogen and oxygen atoms in total. The van der Waals surface area contributed by atoms with Crippen LogP contribution in [0.2, 0.25) is 0 Å². The first-order valence-electron chi connectivity index (χ1n) is 6.37. The topological polar surface area (TPSA) is 12.0 Å². The summed E-state index contributed by atoms with van der Waals surface area (Å²) in [5.41, 5.74) is 1.26. The van der Waals surface area contributed by atoms with Gasteiger partial charge in [-0.05, 0) is 54.6 Å². The minimum atomic E-state index is -4.02. The molecule has 1 aliphatic rings. The van der Waals surface area contributed by atoms with E-state index in [1.807, 2.05) is 5.38 Å². The number of nitrogens with one attached hydrogen (secondary N) is 1. The highest BCUT2D eigenvalue weighted by Gasteiger charge is 2.41. The Hall–Kier alpha value is -0.550. The Labute approximate surface area is 109 Å². The van der Waals surface area contributed by atoms with E-state index in [2.05, 4.69) is 16.8 Å². The molecule has 1 aliphatic carbocycles. The molecule has 1 heterocycles. The molecular formula is C13H18F3NS. The van der Waals surface area contributed by atoms with E-state index in [-0.39, 0.29) is 12.5 Å². The van der Waals surface area contributed by atoms with E-state index in [1.165, 1.54) is 5.56 Å². The van der Waals surface area contributed by atoms with Crippen LogP contribution in [0.25, 0.3) is 0 Å². The number of alkyl halides is 3. The van der Waals surface area contributed by atoms with Crippen molar-refractivity contribution in [2.75, 3.05) is 6.54 Å². The van der Waals surface area contributed by atoms with Crippen LogP contribution in [0, 0.1) is 5.92 Å². The highest BCUT2D eigenvalue weighted by atomic mass is 32.1. The molecule has 0 spiro atoms. The molecule has 1 N–H and O–H groups in total. The summed E-state index contributed by atoms with van der Waals surface area (Å²) in [6.07, 6.45) is -1.03. The van der Waals surface area contributed by atoms with Crippen LogP contribution in [-0.4, -0.2) is 18.8 Å². The minimum Gasteiger partial charge on any atom is -0.314 e. The molecule has 0 radical (unpaired) electrons. The molecule has 2 rings (SSSR count). The Morgan fingerprint density at radius 2 is 2.17 bits per heavy atom. The lowest BCUT2D eigenvalue weighted by Gasteiger charge is -2.31. The second kappa shape index (κ2) is 6.06. The predicted molar refractivity (Wildman–Crippen MR) is 67.8 cm³/mol. The van der Waals surface area contributed by atoms with Crippen LogP contribution in [0.3, 0.4) is 0 Å². The first-order chi connectivity index (χ1) is 8.55. The molecule has 18 heavy (non-hydrogen) atoms. The second-order valence-corrected chi connectivity index (χ2v) is 5.72. The molecule has 0 aromatic carbocycles. The highest BCUT2D eigenvalue weighted by molar-refractivity contribution is 7.07. The lowest BCUT2D eigenvalue weighted by molar-refractivity contribution is -0.183. The molecule has 2 atom stereocenters. The molecule has 0 amide bonds. The summed E-state index contributed by atoms with van der Waals surface area (Å²) in [6.45, 7) is 0.770. The summed E-state index contributed by atoms with van der Waals surface area (Å²) >= 11 is 1.65. The fraction of sp³-hybridized carbons (Fsp3) is 0.692. The fourth-order valence-electron chi connectivity index (χ4n) is 2.53. The van der Waals surface area contributed by atoms with E-state index in [0.717, 1.165) is 19.4 Å². The van der Waals surface area contributed by atoms with E-state index < -0.39 is 12.1 Å². The van der Waals surface area contributed by atoms with Gasteiger partial charge < -0.3 is 5.32 Å². The third-order valence-electron chi connectivity index (χ3n) is 3.56. The van der Waals surface area contributed by atoms with Crippen LogP contribution in [-0.2, 0) is 6.42 Å². The summed E-state index contributed by atoms with van der Waals surface area (Å²) in [6, 6.07) is 2.09. The minimum absolute atomic E-state index is 0.0315. The summed E-state index contributed by atoms with van der Waals surface area (Å²) in [5, 5.41) is 7.37. The van der Waals surface area contributed by atoms with Crippen molar-refractivity contribution in [3.8, 4) is 0 Å². The number of halogens is 3. The third kappa shape index (κ3) is 3.99.